The van der Waals surface area contributed by atoms with Gasteiger partial charge < -0.3 is 0 Å². The Morgan fingerprint density at radius 3 is 1.79 bits per heavy atom. The van der Waals surface area contributed by atoms with Crippen molar-refractivity contribution in [2.75, 3.05) is 0 Å². The van der Waals surface area contributed by atoms with E-state index in [1.165, 1.54) is 37.0 Å². The lowest BCUT2D eigenvalue weighted by molar-refractivity contribution is -0.384. The van der Waals surface area contributed by atoms with Crippen molar-refractivity contribution in [3.63, 3.8) is 0 Å². The number of benzene rings is 6. The molecule has 0 fully saturated rings. The fourth-order valence-corrected chi connectivity index (χ4v) is 6.66. The molecule has 0 spiro atoms. The third-order valence-corrected chi connectivity index (χ3v) is 7.92. The van der Waals surface area contributed by atoms with E-state index in [0.717, 1.165) is 21.0 Å². The maximum atomic E-state index is 11.8. The number of hydrogen-bond acceptors (Lipinski definition) is 3. The van der Waals surface area contributed by atoms with E-state index >= 15 is 0 Å². The average molecular weight is 456 g/mol. The molecule has 0 aliphatic heterocycles. The molecule has 4 heteroatoms. The van der Waals surface area contributed by atoms with E-state index in [2.05, 4.69) is 72.8 Å². The Hall–Kier alpha value is -4.28. The Morgan fingerprint density at radius 2 is 1.09 bits per heavy atom. The van der Waals surface area contributed by atoms with Gasteiger partial charge in [0.25, 0.3) is 5.69 Å². The van der Waals surface area contributed by atoms with Gasteiger partial charge in [0, 0.05) is 31.6 Å². The third-order valence-electron chi connectivity index (χ3n) is 6.75. The normalized spacial score (nSPS) is 11.8. The van der Waals surface area contributed by atoms with E-state index in [-0.39, 0.29) is 10.6 Å². The molecular weight excluding hydrogens is 438 g/mol. The van der Waals surface area contributed by atoms with Gasteiger partial charge in [-0.05, 0) is 44.6 Å². The van der Waals surface area contributed by atoms with E-state index < -0.39 is 0 Å². The highest BCUT2D eigenvalue weighted by molar-refractivity contribution is 7.27. The van der Waals surface area contributed by atoms with Crippen molar-refractivity contribution in [1.29, 1.82) is 0 Å². The number of thiophene rings is 1. The van der Waals surface area contributed by atoms with Crippen LogP contribution < -0.4 is 0 Å². The summed E-state index contributed by atoms with van der Waals surface area (Å²) in [6.07, 6.45) is 0. The number of para-hydroxylation sites is 1. The van der Waals surface area contributed by atoms with Crippen LogP contribution in [0.3, 0.4) is 0 Å². The van der Waals surface area contributed by atoms with Crippen LogP contribution >= 0.6 is 11.3 Å². The van der Waals surface area contributed by atoms with Gasteiger partial charge in [-0.3, -0.25) is 10.1 Å². The molecule has 6 aromatic carbocycles. The molecule has 0 aliphatic rings. The Balaban J connectivity index is 1.75. The molecule has 0 atom stereocenters. The zero-order chi connectivity index (χ0) is 22.8. The van der Waals surface area contributed by atoms with Gasteiger partial charge in [-0.2, -0.15) is 0 Å². The Morgan fingerprint density at radius 1 is 0.559 bits per heavy atom. The second-order valence-electron chi connectivity index (χ2n) is 8.51. The van der Waals surface area contributed by atoms with Crippen molar-refractivity contribution in [1.82, 2.24) is 0 Å². The minimum atomic E-state index is -0.291. The van der Waals surface area contributed by atoms with Crippen LogP contribution in [-0.4, -0.2) is 4.92 Å². The summed E-state index contributed by atoms with van der Waals surface area (Å²) in [5.41, 5.74) is 1.68. The van der Waals surface area contributed by atoms with Gasteiger partial charge in [-0.15, -0.1) is 11.3 Å². The Labute approximate surface area is 198 Å². The minimum absolute atomic E-state index is 0.129. The topological polar surface area (TPSA) is 43.1 Å². The van der Waals surface area contributed by atoms with Crippen molar-refractivity contribution < 1.29 is 4.92 Å². The van der Waals surface area contributed by atoms with Crippen molar-refractivity contribution in [3.8, 4) is 11.1 Å². The summed E-state index contributed by atoms with van der Waals surface area (Å²) in [4.78, 5) is 11.5. The van der Waals surface area contributed by atoms with E-state index in [4.69, 9.17) is 0 Å². The molecule has 0 amide bonds. The smallest absolute Gasteiger partial charge is 0.258 e. The van der Waals surface area contributed by atoms with E-state index in [1.807, 2.05) is 18.2 Å². The van der Waals surface area contributed by atoms with Gasteiger partial charge in [0.05, 0.1) is 10.5 Å². The first-order chi connectivity index (χ1) is 16.7. The lowest BCUT2D eigenvalue weighted by Gasteiger charge is -2.11. The van der Waals surface area contributed by atoms with Gasteiger partial charge in [-0.25, -0.2) is 0 Å². The van der Waals surface area contributed by atoms with Crippen LogP contribution in [0.25, 0.3) is 63.6 Å². The van der Waals surface area contributed by atoms with Crippen LogP contribution in [0.1, 0.15) is 0 Å². The van der Waals surface area contributed by atoms with Crippen LogP contribution in [0.4, 0.5) is 5.69 Å². The fourth-order valence-electron chi connectivity index (χ4n) is 5.34. The standard InChI is InChI=1S/C30H17NO2S/c32-31(33)26-16-8-7-12-21(26)25-17-27-28(22-13-4-2-11-20(22)25)29-23-14-5-1-9-18(23)19-10-3-6-15-24(19)30(29)34-27/h1-17H. The van der Waals surface area contributed by atoms with E-state index in [1.54, 1.807) is 23.5 Å². The molecule has 0 saturated heterocycles. The Kier molecular flexibility index (Phi) is 4.02. The average Bonchev–Trinajstić information content (AvgIpc) is 3.29. The highest BCUT2D eigenvalue weighted by atomic mass is 32.1. The number of hydrogen-bond donors (Lipinski definition) is 0. The monoisotopic (exact) mass is 455 g/mol. The van der Waals surface area contributed by atoms with Crippen molar-refractivity contribution in [3.05, 3.63) is 113 Å². The molecular formula is C30H17NO2S. The van der Waals surface area contributed by atoms with Gasteiger partial charge >= 0.3 is 0 Å². The Bertz CT molecular complexity index is 1950. The molecule has 7 rings (SSSR count). The number of nitrogens with zero attached hydrogens (tertiary/aromatic N) is 1. The molecule has 0 bridgehead atoms. The minimum Gasteiger partial charge on any atom is -0.258 e. The maximum Gasteiger partial charge on any atom is 0.277 e. The maximum absolute atomic E-state index is 11.8. The molecule has 7 aromatic rings. The zero-order valence-electron chi connectivity index (χ0n) is 18.0. The highest BCUT2D eigenvalue weighted by Gasteiger charge is 2.21. The van der Waals surface area contributed by atoms with Crippen molar-refractivity contribution >= 4 is 69.5 Å². The van der Waals surface area contributed by atoms with Crippen LogP contribution in [0, 0.1) is 10.1 Å². The molecule has 160 valence electrons. The fraction of sp³-hybridized carbons (Fsp3) is 0. The number of nitro benzene ring substituents is 1. The van der Waals surface area contributed by atoms with Gasteiger partial charge in [0.15, 0.2) is 0 Å². The number of fused-ring (bicyclic) bond motifs is 10. The molecule has 34 heavy (non-hydrogen) atoms. The first-order valence-electron chi connectivity index (χ1n) is 11.1. The summed E-state index contributed by atoms with van der Waals surface area (Å²) in [6.45, 7) is 0. The molecule has 0 saturated carbocycles. The van der Waals surface area contributed by atoms with Gasteiger partial charge in [0.2, 0.25) is 0 Å². The van der Waals surface area contributed by atoms with E-state index in [0.29, 0.717) is 5.56 Å². The van der Waals surface area contributed by atoms with Crippen LogP contribution in [0.5, 0.6) is 0 Å². The zero-order valence-corrected chi connectivity index (χ0v) is 18.8. The molecule has 0 radical (unpaired) electrons. The lowest BCUT2D eigenvalue weighted by atomic mass is 9.92. The molecule has 1 aromatic heterocycles. The van der Waals surface area contributed by atoms with Gasteiger partial charge in [-0.1, -0.05) is 84.9 Å². The summed E-state index contributed by atoms with van der Waals surface area (Å²) in [6, 6.07) is 34.6. The number of nitro groups is 1. The van der Waals surface area contributed by atoms with Crippen LogP contribution in [0.2, 0.25) is 0 Å². The predicted molar refractivity (Wildman–Crippen MR) is 144 cm³/mol. The quantitative estimate of drug-likeness (QED) is 0.148. The molecule has 0 unspecified atom stereocenters. The summed E-state index contributed by atoms with van der Waals surface area (Å²) >= 11 is 1.77. The van der Waals surface area contributed by atoms with Crippen molar-refractivity contribution in [2.24, 2.45) is 0 Å². The second-order valence-corrected chi connectivity index (χ2v) is 9.57. The number of rotatable bonds is 2. The van der Waals surface area contributed by atoms with Crippen LogP contribution in [-0.2, 0) is 0 Å². The first-order valence-corrected chi connectivity index (χ1v) is 12.0. The third kappa shape index (κ3) is 2.57. The molecule has 0 N–H and O–H groups in total. The first kappa shape index (κ1) is 19.2. The molecule has 3 nitrogen and oxygen atoms in total. The molecule has 0 aliphatic carbocycles. The van der Waals surface area contributed by atoms with Crippen molar-refractivity contribution in [2.45, 2.75) is 0 Å². The summed E-state index contributed by atoms with van der Waals surface area (Å²) in [5, 5.41) is 21.5. The van der Waals surface area contributed by atoms with Crippen LogP contribution in [0.15, 0.2) is 103 Å². The summed E-state index contributed by atoms with van der Waals surface area (Å²) in [7, 11) is 0. The summed E-state index contributed by atoms with van der Waals surface area (Å²) in [5.74, 6) is 0. The summed E-state index contributed by atoms with van der Waals surface area (Å²) < 4.78 is 2.40. The van der Waals surface area contributed by atoms with Gasteiger partial charge in [0.1, 0.15) is 0 Å². The lowest BCUT2D eigenvalue weighted by Crippen LogP contribution is -1.92. The SMILES string of the molecule is O=[N+]([O-])c1ccccc1-c1cc2sc3c4ccccc4c4ccccc4c3c2c2ccccc12. The van der Waals surface area contributed by atoms with E-state index in [9.17, 15) is 10.1 Å². The predicted octanol–water partition coefficient (Wildman–Crippen LogP) is 9.09. The molecule has 1 heterocycles. The second kappa shape index (κ2) is 7.11. The largest absolute Gasteiger partial charge is 0.277 e. The highest BCUT2D eigenvalue weighted by Crippen LogP contribution is 2.48.